The molecule has 3 atom stereocenters. The van der Waals surface area contributed by atoms with E-state index < -0.39 is 23.3 Å². The van der Waals surface area contributed by atoms with Crippen LogP contribution in [-0.2, 0) is 29.1 Å². The lowest BCUT2D eigenvalue weighted by Gasteiger charge is -2.47. The molecule has 4 amide bonds. The van der Waals surface area contributed by atoms with Crippen LogP contribution in [0.3, 0.4) is 0 Å². The minimum absolute atomic E-state index is 0.00481. The van der Waals surface area contributed by atoms with Crippen molar-refractivity contribution in [1.82, 2.24) is 19.7 Å². The second-order valence-electron chi connectivity index (χ2n) is 11.1. The van der Waals surface area contributed by atoms with Crippen LogP contribution in [0.5, 0.6) is 5.75 Å². The van der Waals surface area contributed by atoms with E-state index in [1.54, 1.807) is 25.3 Å². The number of barbiturate groups is 1. The number of imide groups is 2. The lowest BCUT2D eigenvalue weighted by atomic mass is 9.75. The maximum absolute atomic E-state index is 14.4. The molecular weight excluding hydrogens is 508 g/mol. The number of carbonyl (C=O) groups is 3. The minimum atomic E-state index is -1.54. The van der Waals surface area contributed by atoms with Crippen LogP contribution in [0.4, 0.5) is 4.79 Å². The maximum atomic E-state index is 14.4. The van der Waals surface area contributed by atoms with Crippen LogP contribution in [0.25, 0.3) is 0 Å². The maximum Gasteiger partial charge on any atom is 0.331 e. The summed E-state index contributed by atoms with van der Waals surface area (Å²) in [5.41, 5.74) is 0.967. The van der Waals surface area contributed by atoms with Crippen LogP contribution in [0, 0.1) is 11.3 Å². The first-order chi connectivity index (χ1) is 19.4. The van der Waals surface area contributed by atoms with Crippen molar-refractivity contribution in [2.24, 2.45) is 11.3 Å². The number of rotatable bonds is 7. The first-order valence-corrected chi connectivity index (χ1v) is 13.6. The Hall–Kier alpha value is -4.24. The van der Waals surface area contributed by atoms with Crippen molar-refractivity contribution in [3.05, 3.63) is 100.0 Å². The number of nitrogens with one attached hydrogen (secondary N) is 1. The lowest BCUT2D eigenvalue weighted by Crippen LogP contribution is -2.67. The molecule has 2 saturated heterocycles. The Morgan fingerprint density at radius 3 is 2.48 bits per heavy atom. The average molecular weight is 541 g/mol. The van der Waals surface area contributed by atoms with E-state index in [-0.39, 0.29) is 36.9 Å². The molecule has 2 bridgehead atoms. The molecule has 0 unspecified atom stereocenters. The minimum Gasteiger partial charge on any atom is -0.496 e. The fourth-order valence-corrected chi connectivity index (χ4v) is 6.67. The van der Waals surface area contributed by atoms with Crippen molar-refractivity contribution in [3.8, 4) is 5.75 Å². The second kappa shape index (κ2) is 10.4. The van der Waals surface area contributed by atoms with Gasteiger partial charge in [-0.3, -0.25) is 24.6 Å². The average Bonchev–Trinajstić information content (AvgIpc) is 2.95. The van der Waals surface area contributed by atoms with E-state index in [2.05, 4.69) is 10.2 Å². The van der Waals surface area contributed by atoms with Gasteiger partial charge in [-0.1, -0.05) is 54.6 Å². The zero-order chi connectivity index (χ0) is 27.9. The molecule has 2 fully saturated rings. The van der Waals surface area contributed by atoms with E-state index in [1.807, 2.05) is 59.2 Å². The first kappa shape index (κ1) is 26.0. The van der Waals surface area contributed by atoms with Gasteiger partial charge in [-0.05, 0) is 35.6 Å². The molecule has 1 N–H and O–H groups in total. The number of amides is 4. The predicted octanol–water partition coefficient (Wildman–Crippen LogP) is 2.78. The van der Waals surface area contributed by atoms with Crippen molar-refractivity contribution in [2.45, 2.75) is 31.8 Å². The zero-order valence-electron chi connectivity index (χ0n) is 22.4. The van der Waals surface area contributed by atoms with Gasteiger partial charge in [-0.2, -0.15) is 0 Å². The molecule has 9 nitrogen and oxygen atoms in total. The van der Waals surface area contributed by atoms with E-state index in [0.29, 0.717) is 25.4 Å². The van der Waals surface area contributed by atoms with Crippen LogP contribution >= 0.6 is 0 Å². The first-order valence-electron chi connectivity index (χ1n) is 13.6. The SMILES string of the molecule is COc1ccccc1C[C@@]1(CN2C[C@@H]3C[C@H](C2)c2cccc(=O)n2C3)C(=O)NC(=O)N(Cc2ccccc2)C1=O. The summed E-state index contributed by atoms with van der Waals surface area (Å²) in [7, 11) is 1.56. The molecule has 0 aliphatic carbocycles. The number of aromatic nitrogens is 1. The quantitative estimate of drug-likeness (QED) is 0.463. The van der Waals surface area contributed by atoms with Gasteiger partial charge in [0.1, 0.15) is 11.2 Å². The summed E-state index contributed by atoms with van der Waals surface area (Å²) in [6.45, 7) is 2.09. The summed E-state index contributed by atoms with van der Waals surface area (Å²) >= 11 is 0. The van der Waals surface area contributed by atoms with Crippen LogP contribution in [0.1, 0.15) is 29.2 Å². The molecule has 3 aliphatic rings. The normalized spacial score (nSPS) is 24.4. The lowest BCUT2D eigenvalue weighted by molar-refractivity contribution is -0.154. The van der Waals surface area contributed by atoms with Crippen molar-refractivity contribution >= 4 is 17.8 Å². The van der Waals surface area contributed by atoms with Gasteiger partial charge in [-0.25, -0.2) is 4.79 Å². The fourth-order valence-electron chi connectivity index (χ4n) is 6.67. The fraction of sp³-hybridized carbons (Fsp3) is 0.355. The number of nitrogens with zero attached hydrogens (tertiary/aromatic N) is 3. The van der Waals surface area contributed by atoms with Crippen LogP contribution in [-0.4, -0.2) is 59.0 Å². The molecule has 0 saturated carbocycles. The van der Waals surface area contributed by atoms with Crippen molar-refractivity contribution in [1.29, 1.82) is 0 Å². The number of likely N-dealkylation sites (tertiary alicyclic amines) is 1. The number of benzene rings is 2. The number of ether oxygens (including phenoxy) is 1. The van der Waals surface area contributed by atoms with Crippen molar-refractivity contribution in [3.63, 3.8) is 0 Å². The third-order valence-electron chi connectivity index (χ3n) is 8.47. The standard InChI is InChI=1S/C31H32N4O5/c1-40-26-12-6-5-10-23(26)15-31(28(37)32-30(39)35(29(31)38)17-21-8-3-2-4-9-21)20-33-16-22-14-24(19-33)25-11-7-13-27(36)34(25)18-22/h2-13,22,24H,14-20H2,1H3,(H,32,37,39)/t22-,24+,31+/m0/s1. The number of pyridine rings is 1. The third-order valence-corrected chi connectivity index (χ3v) is 8.47. The molecular formula is C31H32N4O5. The number of carbonyl (C=O) groups excluding carboxylic acids is 3. The highest BCUT2D eigenvalue weighted by atomic mass is 16.5. The molecule has 1 aromatic heterocycles. The Morgan fingerprint density at radius 2 is 1.68 bits per heavy atom. The summed E-state index contributed by atoms with van der Waals surface area (Å²) in [4.78, 5) is 57.0. The van der Waals surface area contributed by atoms with E-state index in [0.717, 1.165) is 28.1 Å². The molecule has 0 radical (unpaired) electrons. The molecule has 40 heavy (non-hydrogen) atoms. The van der Waals surface area contributed by atoms with E-state index in [1.165, 1.54) is 0 Å². The summed E-state index contributed by atoms with van der Waals surface area (Å²) in [6, 6.07) is 21.3. The van der Waals surface area contributed by atoms with Crippen LogP contribution in [0.2, 0.25) is 0 Å². The molecule has 6 rings (SSSR count). The van der Waals surface area contributed by atoms with E-state index in [9.17, 15) is 19.2 Å². The smallest absolute Gasteiger partial charge is 0.331 e. The van der Waals surface area contributed by atoms with Gasteiger partial charge in [-0.15, -0.1) is 0 Å². The zero-order valence-corrected chi connectivity index (χ0v) is 22.4. The van der Waals surface area contributed by atoms with Gasteiger partial charge in [0, 0.05) is 50.3 Å². The van der Waals surface area contributed by atoms with Crippen molar-refractivity contribution < 1.29 is 19.1 Å². The molecule has 2 aromatic carbocycles. The second-order valence-corrected chi connectivity index (χ2v) is 11.1. The summed E-state index contributed by atoms with van der Waals surface area (Å²) in [5.74, 6) is -0.182. The molecule has 3 aromatic rings. The Bertz CT molecular complexity index is 1520. The molecule has 3 aliphatic heterocycles. The Labute approximate surface area is 232 Å². The van der Waals surface area contributed by atoms with Crippen LogP contribution < -0.4 is 15.6 Å². The van der Waals surface area contributed by atoms with Gasteiger partial charge in [0.25, 0.3) is 5.56 Å². The Morgan fingerprint density at radius 1 is 0.900 bits per heavy atom. The van der Waals surface area contributed by atoms with E-state index >= 15 is 0 Å². The number of urea groups is 1. The summed E-state index contributed by atoms with van der Waals surface area (Å²) in [6.07, 6.45) is 1.04. The predicted molar refractivity (Wildman–Crippen MR) is 148 cm³/mol. The highest BCUT2D eigenvalue weighted by Crippen LogP contribution is 2.39. The monoisotopic (exact) mass is 540 g/mol. The largest absolute Gasteiger partial charge is 0.496 e. The van der Waals surface area contributed by atoms with Gasteiger partial charge in [0.2, 0.25) is 11.8 Å². The molecule has 9 heteroatoms. The number of methoxy groups -OCH3 is 1. The number of para-hydroxylation sites is 1. The number of fused-ring (bicyclic) bond motifs is 4. The number of piperidine rings is 1. The van der Waals surface area contributed by atoms with Gasteiger partial charge in [0.05, 0.1) is 13.7 Å². The van der Waals surface area contributed by atoms with Crippen LogP contribution in [0.15, 0.2) is 77.6 Å². The Balaban J connectivity index is 1.37. The highest BCUT2D eigenvalue weighted by molar-refractivity contribution is 6.19. The summed E-state index contributed by atoms with van der Waals surface area (Å²) in [5, 5.41) is 2.51. The number of hydrogen-bond donors (Lipinski definition) is 1. The third kappa shape index (κ3) is 4.60. The highest BCUT2D eigenvalue weighted by Gasteiger charge is 2.55. The molecule has 206 valence electrons. The summed E-state index contributed by atoms with van der Waals surface area (Å²) < 4.78 is 7.44. The van der Waals surface area contributed by atoms with E-state index in [4.69, 9.17) is 4.74 Å². The van der Waals surface area contributed by atoms with Gasteiger partial charge >= 0.3 is 6.03 Å². The van der Waals surface area contributed by atoms with Crippen molar-refractivity contribution in [2.75, 3.05) is 26.7 Å². The van der Waals surface area contributed by atoms with Gasteiger partial charge in [0.15, 0.2) is 0 Å². The molecule has 4 heterocycles. The number of hydrogen-bond acceptors (Lipinski definition) is 6. The molecule has 0 spiro atoms. The topological polar surface area (TPSA) is 101 Å². The van der Waals surface area contributed by atoms with Gasteiger partial charge < -0.3 is 14.2 Å². The Kier molecular flexibility index (Phi) is 6.75.